The van der Waals surface area contributed by atoms with Gasteiger partial charge in [-0.2, -0.15) is 0 Å². The molecule has 0 aliphatic carbocycles. The molecule has 1 fully saturated rings. The van der Waals surface area contributed by atoms with Crippen LogP contribution in [0.1, 0.15) is 31.0 Å². The van der Waals surface area contributed by atoms with E-state index < -0.39 is 0 Å². The molecule has 1 amide bonds. The van der Waals surface area contributed by atoms with Crippen LogP contribution in [0.3, 0.4) is 0 Å². The number of anilines is 1. The SMILES string of the molecule is Cc1cc(NC(=O)C(C)N2CCC(CN(C)Cc3ccccc3)CC2)on1. The van der Waals surface area contributed by atoms with Crippen LogP contribution in [0, 0.1) is 12.8 Å². The molecule has 1 unspecified atom stereocenters. The van der Waals surface area contributed by atoms with Gasteiger partial charge in [0.2, 0.25) is 11.8 Å². The highest BCUT2D eigenvalue weighted by Crippen LogP contribution is 2.21. The van der Waals surface area contributed by atoms with Gasteiger partial charge < -0.3 is 9.42 Å². The van der Waals surface area contributed by atoms with Gasteiger partial charge in [0.1, 0.15) is 0 Å². The van der Waals surface area contributed by atoms with E-state index in [9.17, 15) is 4.79 Å². The van der Waals surface area contributed by atoms with Gasteiger partial charge in [0.15, 0.2) is 0 Å². The second kappa shape index (κ2) is 9.15. The topological polar surface area (TPSA) is 61.6 Å². The van der Waals surface area contributed by atoms with Gasteiger partial charge in [-0.05, 0) is 58.3 Å². The summed E-state index contributed by atoms with van der Waals surface area (Å²) in [6.07, 6.45) is 2.25. The fraction of sp³-hybridized carbons (Fsp3) is 0.524. The van der Waals surface area contributed by atoms with Crippen molar-refractivity contribution in [2.45, 2.75) is 39.3 Å². The van der Waals surface area contributed by atoms with E-state index in [0.29, 0.717) is 11.8 Å². The van der Waals surface area contributed by atoms with Crippen molar-refractivity contribution in [2.75, 3.05) is 32.0 Å². The molecular formula is C21H30N4O2. The van der Waals surface area contributed by atoms with E-state index in [0.717, 1.165) is 44.7 Å². The van der Waals surface area contributed by atoms with Crippen LogP contribution < -0.4 is 5.32 Å². The number of nitrogens with zero attached hydrogens (tertiary/aromatic N) is 3. The molecule has 6 nitrogen and oxygen atoms in total. The van der Waals surface area contributed by atoms with Gasteiger partial charge in [0.25, 0.3) is 0 Å². The Labute approximate surface area is 161 Å². The highest BCUT2D eigenvalue weighted by molar-refractivity contribution is 5.93. The summed E-state index contributed by atoms with van der Waals surface area (Å²) in [5, 5.41) is 6.61. The highest BCUT2D eigenvalue weighted by atomic mass is 16.5. The first kappa shape index (κ1) is 19.6. The maximum atomic E-state index is 12.4. The summed E-state index contributed by atoms with van der Waals surface area (Å²) in [7, 11) is 2.19. The van der Waals surface area contributed by atoms with Crippen LogP contribution in [0.5, 0.6) is 0 Å². The number of aromatic nitrogens is 1. The second-order valence-corrected chi connectivity index (χ2v) is 7.66. The Bertz CT molecular complexity index is 723. The average molecular weight is 370 g/mol. The van der Waals surface area contributed by atoms with Gasteiger partial charge in [0, 0.05) is 19.2 Å². The summed E-state index contributed by atoms with van der Waals surface area (Å²) in [6, 6.07) is 12.2. The molecule has 2 heterocycles. The molecule has 146 valence electrons. The molecule has 1 N–H and O–H groups in total. The van der Waals surface area contributed by atoms with E-state index in [2.05, 4.69) is 57.7 Å². The van der Waals surface area contributed by atoms with E-state index in [1.165, 1.54) is 5.56 Å². The molecule has 0 saturated carbocycles. The van der Waals surface area contributed by atoms with Crippen molar-refractivity contribution in [2.24, 2.45) is 5.92 Å². The molecule has 0 bridgehead atoms. The number of aryl methyl sites for hydroxylation is 1. The number of nitrogens with one attached hydrogen (secondary N) is 1. The Morgan fingerprint density at radius 3 is 2.67 bits per heavy atom. The van der Waals surface area contributed by atoms with Crippen molar-refractivity contribution < 1.29 is 9.32 Å². The molecule has 0 radical (unpaired) electrons. The number of carbonyl (C=O) groups excluding carboxylic acids is 1. The zero-order valence-corrected chi connectivity index (χ0v) is 16.5. The number of likely N-dealkylation sites (tertiary alicyclic amines) is 1. The minimum absolute atomic E-state index is 0.0363. The van der Waals surface area contributed by atoms with Gasteiger partial charge in [-0.3, -0.25) is 15.0 Å². The highest BCUT2D eigenvalue weighted by Gasteiger charge is 2.27. The van der Waals surface area contributed by atoms with E-state index in [1.54, 1.807) is 6.07 Å². The second-order valence-electron chi connectivity index (χ2n) is 7.66. The van der Waals surface area contributed by atoms with Crippen LogP contribution in [0.25, 0.3) is 0 Å². The maximum Gasteiger partial charge on any atom is 0.243 e. The Morgan fingerprint density at radius 1 is 1.33 bits per heavy atom. The molecule has 1 aliphatic rings. The number of hydrogen-bond donors (Lipinski definition) is 1. The molecule has 1 saturated heterocycles. The molecular weight excluding hydrogens is 340 g/mol. The third-order valence-corrected chi connectivity index (χ3v) is 5.32. The predicted octanol–water partition coefficient (Wildman–Crippen LogP) is 3.15. The summed E-state index contributed by atoms with van der Waals surface area (Å²) in [5.41, 5.74) is 2.11. The lowest BCUT2D eigenvalue weighted by atomic mass is 9.95. The zero-order valence-electron chi connectivity index (χ0n) is 16.5. The van der Waals surface area contributed by atoms with Crippen molar-refractivity contribution in [3.05, 3.63) is 47.7 Å². The minimum atomic E-state index is -0.168. The average Bonchev–Trinajstić information content (AvgIpc) is 3.07. The summed E-state index contributed by atoms with van der Waals surface area (Å²) in [6.45, 7) is 7.78. The number of amides is 1. The van der Waals surface area contributed by atoms with Crippen LogP contribution in [-0.2, 0) is 11.3 Å². The largest absolute Gasteiger partial charge is 0.338 e. The van der Waals surface area contributed by atoms with Crippen molar-refractivity contribution in [3.63, 3.8) is 0 Å². The zero-order chi connectivity index (χ0) is 19.2. The fourth-order valence-corrected chi connectivity index (χ4v) is 3.74. The molecule has 1 atom stereocenters. The first-order valence-corrected chi connectivity index (χ1v) is 9.72. The number of piperidine rings is 1. The molecule has 27 heavy (non-hydrogen) atoms. The van der Waals surface area contributed by atoms with Gasteiger partial charge >= 0.3 is 0 Å². The predicted molar refractivity (Wildman–Crippen MR) is 106 cm³/mol. The quantitative estimate of drug-likeness (QED) is 0.811. The lowest BCUT2D eigenvalue weighted by Gasteiger charge is -2.36. The summed E-state index contributed by atoms with van der Waals surface area (Å²) in [5.74, 6) is 1.06. The number of benzene rings is 1. The summed E-state index contributed by atoms with van der Waals surface area (Å²) < 4.78 is 5.08. The van der Waals surface area contributed by atoms with Crippen LogP contribution >= 0.6 is 0 Å². The summed E-state index contributed by atoms with van der Waals surface area (Å²) in [4.78, 5) is 17.1. The van der Waals surface area contributed by atoms with Crippen molar-refractivity contribution in [1.29, 1.82) is 0 Å². The van der Waals surface area contributed by atoms with Crippen molar-refractivity contribution >= 4 is 11.8 Å². The third kappa shape index (κ3) is 5.65. The third-order valence-electron chi connectivity index (χ3n) is 5.32. The van der Waals surface area contributed by atoms with Crippen molar-refractivity contribution in [1.82, 2.24) is 15.0 Å². The Balaban J connectivity index is 1.42. The van der Waals surface area contributed by atoms with Crippen LogP contribution in [0.2, 0.25) is 0 Å². The molecule has 0 spiro atoms. The van der Waals surface area contributed by atoms with Crippen LogP contribution in [0.15, 0.2) is 40.9 Å². The Morgan fingerprint density at radius 2 is 2.04 bits per heavy atom. The lowest BCUT2D eigenvalue weighted by Crippen LogP contribution is -2.47. The van der Waals surface area contributed by atoms with Gasteiger partial charge in [0.05, 0.1) is 11.7 Å². The standard InChI is InChI=1S/C21H30N4O2/c1-16-13-20(27-23-16)22-21(26)17(2)25-11-9-19(10-12-25)15-24(3)14-18-7-5-4-6-8-18/h4-8,13,17,19H,9-12,14-15H2,1-3H3,(H,22,26). The maximum absolute atomic E-state index is 12.4. The molecule has 1 aromatic carbocycles. The van der Waals surface area contributed by atoms with Gasteiger partial charge in [-0.1, -0.05) is 35.5 Å². The Hall–Kier alpha value is -2.18. The van der Waals surface area contributed by atoms with E-state index in [1.807, 2.05) is 13.8 Å². The monoisotopic (exact) mass is 370 g/mol. The first-order valence-electron chi connectivity index (χ1n) is 9.72. The molecule has 1 aromatic heterocycles. The number of hydrogen-bond acceptors (Lipinski definition) is 5. The van der Waals surface area contributed by atoms with Gasteiger partial charge in [-0.25, -0.2) is 0 Å². The van der Waals surface area contributed by atoms with E-state index >= 15 is 0 Å². The molecule has 3 rings (SSSR count). The number of carbonyl (C=O) groups is 1. The molecule has 1 aliphatic heterocycles. The Kier molecular flexibility index (Phi) is 6.63. The minimum Gasteiger partial charge on any atom is -0.338 e. The smallest absolute Gasteiger partial charge is 0.243 e. The van der Waals surface area contributed by atoms with Crippen LogP contribution in [-0.4, -0.2) is 53.6 Å². The summed E-state index contributed by atoms with van der Waals surface area (Å²) >= 11 is 0. The van der Waals surface area contributed by atoms with Crippen LogP contribution in [0.4, 0.5) is 5.88 Å². The van der Waals surface area contributed by atoms with E-state index in [-0.39, 0.29) is 11.9 Å². The fourth-order valence-electron chi connectivity index (χ4n) is 3.74. The number of rotatable bonds is 7. The first-order chi connectivity index (χ1) is 13.0. The normalized spacial score (nSPS) is 17.2. The van der Waals surface area contributed by atoms with E-state index in [4.69, 9.17) is 4.52 Å². The molecule has 6 heteroatoms. The molecule has 2 aromatic rings. The van der Waals surface area contributed by atoms with Gasteiger partial charge in [-0.15, -0.1) is 0 Å². The van der Waals surface area contributed by atoms with Crippen molar-refractivity contribution in [3.8, 4) is 0 Å². The lowest BCUT2D eigenvalue weighted by molar-refractivity contribution is -0.121.